The molecule has 0 aliphatic heterocycles. The molecule has 4 nitrogen and oxygen atoms in total. The first kappa shape index (κ1) is 11.4. The predicted molar refractivity (Wildman–Crippen MR) is 68.9 cm³/mol. The van der Waals surface area contributed by atoms with Crippen LogP contribution in [0, 0.1) is 0 Å². The Bertz CT molecular complexity index is 551. The van der Waals surface area contributed by atoms with Crippen molar-refractivity contribution in [1.82, 2.24) is 9.97 Å². The molecule has 0 spiro atoms. The molecular weight excluding hydrogens is 214 g/mol. The topological polar surface area (TPSA) is 61.0 Å². The molecule has 88 valence electrons. The van der Waals surface area contributed by atoms with Gasteiger partial charge in [0.05, 0.1) is 17.6 Å². The summed E-state index contributed by atoms with van der Waals surface area (Å²) in [6.07, 6.45) is 0.786. The van der Waals surface area contributed by atoms with Crippen LogP contribution in [-0.2, 0) is 0 Å². The molecule has 0 radical (unpaired) electrons. The van der Waals surface area contributed by atoms with Crippen molar-refractivity contribution < 1.29 is 4.74 Å². The Labute approximate surface area is 100 Å². The van der Waals surface area contributed by atoms with Gasteiger partial charge in [0.15, 0.2) is 5.82 Å². The maximum atomic E-state index is 5.78. The van der Waals surface area contributed by atoms with Gasteiger partial charge in [-0.3, -0.25) is 0 Å². The molecule has 1 aromatic heterocycles. The average Bonchev–Trinajstić information content (AvgIpc) is 2.29. The van der Waals surface area contributed by atoms with Gasteiger partial charge in [-0.25, -0.2) is 9.97 Å². The fourth-order valence-electron chi connectivity index (χ4n) is 1.43. The average molecular weight is 229 g/mol. The van der Waals surface area contributed by atoms with E-state index in [2.05, 4.69) is 16.5 Å². The normalized spacial score (nSPS) is 10.4. The molecule has 0 aliphatic carbocycles. The second kappa shape index (κ2) is 4.82. The van der Waals surface area contributed by atoms with Crippen molar-refractivity contribution in [3.63, 3.8) is 0 Å². The molecular formula is C13H15N3O. The number of hydrogen-bond donors (Lipinski definition) is 1. The van der Waals surface area contributed by atoms with Crippen LogP contribution in [0.25, 0.3) is 11.0 Å². The van der Waals surface area contributed by atoms with Gasteiger partial charge >= 0.3 is 0 Å². The maximum Gasteiger partial charge on any atom is 0.257 e. The van der Waals surface area contributed by atoms with Crippen LogP contribution >= 0.6 is 0 Å². The van der Waals surface area contributed by atoms with Crippen molar-refractivity contribution >= 4 is 16.9 Å². The summed E-state index contributed by atoms with van der Waals surface area (Å²) in [5, 5.41) is 0. The molecule has 1 aromatic carbocycles. The molecule has 0 amide bonds. The van der Waals surface area contributed by atoms with Crippen LogP contribution in [0.5, 0.6) is 5.88 Å². The van der Waals surface area contributed by atoms with Crippen molar-refractivity contribution in [2.45, 2.75) is 13.3 Å². The summed E-state index contributed by atoms with van der Waals surface area (Å²) in [5.41, 5.74) is 8.41. The SMILES string of the molecule is C=C(C)CCOc1nc2ccccc2nc1N. The summed E-state index contributed by atoms with van der Waals surface area (Å²) in [5.74, 6) is 0.718. The number of hydrogen-bond acceptors (Lipinski definition) is 4. The van der Waals surface area contributed by atoms with Gasteiger partial charge in [0, 0.05) is 6.42 Å². The summed E-state index contributed by atoms with van der Waals surface area (Å²) in [7, 11) is 0. The number of para-hydroxylation sites is 2. The van der Waals surface area contributed by atoms with Crippen molar-refractivity contribution in [3.05, 3.63) is 36.4 Å². The summed E-state index contributed by atoms with van der Waals surface area (Å²) in [6.45, 7) is 6.29. The standard InChI is InChI=1S/C13H15N3O/c1-9(2)7-8-17-13-12(14)15-10-5-3-4-6-11(10)16-13/h3-6H,1,7-8H2,2H3,(H2,14,15). The van der Waals surface area contributed by atoms with Gasteiger partial charge in [-0.15, -0.1) is 6.58 Å². The van der Waals surface area contributed by atoms with Crippen LogP contribution in [0.4, 0.5) is 5.82 Å². The van der Waals surface area contributed by atoms with E-state index in [4.69, 9.17) is 10.5 Å². The van der Waals surface area contributed by atoms with Crippen molar-refractivity contribution in [1.29, 1.82) is 0 Å². The van der Waals surface area contributed by atoms with E-state index in [-0.39, 0.29) is 0 Å². The van der Waals surface area contributed by atoms with E-state index in [1.165, 1.54) is 0 Å². The highest BCUT2D eigenvalue weighted by Gasteiger charge is 2.06. The monoisotopic (exact) mass is 229 g/mol. The maximum absolute atomic E-state index is 5.78. The highest BCUT2D eigenvalue weighted by atomic mass is 16.5. The summed E-state index contributed by atoms with van der Waals surface area (Å²) < 4.78 is 5.50. The molecule has 2 rings (SSSR count). The molecule has 0 bridgehead atoms. The number of nitrogens with two attached hydrogens (primary N) is 1. The van der Waals surface area contributed by atoms with Crippen LogP contribution in [-0.4, -0.2) is 16.6 Å². The first-order chi connectivity index (χ1) is 8.16. The fraction of sp³-hybridized carbons (Fsp3) is 0.231. The summed E-state index contributed by atoms with van der Waals surface area (Å²) >= 11 is 0. The summed E-state index contributed by atoms with van der Waals surface area (Å²) in [6, 6.07) is 7.56. The zero-order valence-electron chi connectivity index (χ0n) is 9.81. The zero-order chi connectivity index (χ0) is 12.3. The molecule has 0 atom stereocenters. The first-order valence-electron chi connectivity index (χ1n) is 5.46. The molecule has 4 heteroatoms. The van der Waals surface area contributed by atoms with Gasteiger partial charge in [0.25, 0.3) is 5.88 Å². The van der Waals surface area contributed by atoms with Gasteiger partial charge in [-0.1, -0.05) is 17.7 Å². The Kier molecular flexibility index (Phi) is 3.23. The molecule has 0 saturated carbocycles. The lowest BCUT2D eigenvalue weighted by Crippen LogP contribution is -2.04. The van der Waals surface area contributed by atoms with Gasteiger partial charge in [0.1, 0.15) is 0 Å². The lowest BCUT2D eigenvalue weighted by atomic mass is 10.3. The number of nitrogen functional groups attached to an aromatic ring is 1. The fourth-order valence-corrected chi connectivity index (χ4v) is 1.43. The molecule has 0 saturated heterocycles. The van der Waals surface area contributed by atoms with Gasteiger partial charge in [0.2, 0.25) is 0 Å². The minimum absolute atomic E-state index is 0.324. The van der Waals surface area contributed by atoms with Gasteiger partial charge in [-0.2, -0.15) is 0 Å². The Hall–Kier alpha value is -2.10. The van der Waals surface area contributed by atoms with Gasteiger partial charge in [-0.05, 0) is 19.1 Å². The minimum Gasteiger partial charge on any atom is -0.475 e. The van der Waals surface area contributed by atoms with Crippen molar-refractivity contribution in [2.75, 3.05) is 12.3 Å². The Balaban J connectivity index is 2.22. The lowest BCUT2D eigenvalue weighted by molar-refractivity contribution is 0.311. The third-order valence-electron chi connectivity index (χ3n) is 2.33. The van der Waals surface area contributed by atoms with Crippen LogP contribution in [0.15, 0.2) is 36.4 Å². The van der Waals surface area contributed by atoms with Crippen LogP contribution in [0.3, 0.4) is 0 Å². The second-order valence-electron chi connectivity index (χ2n) is 3.96. The third kappa shape index (κ3) is 2.72. The highest BCUT2D eigenvalue weighted by Crippen LogP contribution is 2.20. The number of anilines is 1. The van der Waals surface area contributed by atoms with Crippen LogP contribution in [0.1, 0.15) is 13.3 Å². The molecule has 2 N–H and O–H groups in total. The van der Waals surface area contributed by atoms with E-state index in [0.29, 0.717) is 18.3 Å². The number of rotatable bonds is 4. The Morgan fingerprint density at radius 2 is 1.94 bits per heavy atom. The molecule has 0 aliphatic rings. The smallest absolute Gasteiger partial charge is 0.257 e. The zero-order valence-corrected chi connectivity index (χ0v) is 9.81. The number of nitrogens with zero attached hydrogens (tertiary/aromatic N) is 2. The predicted octanol–water partition coefficient (Wildman–Crippen LogP) is 2.56. The Morgan fingerprint density at radius 3 is 2.59 bits per heavy atom. The number of benzene rings is 1. The molecule has 0 unspecified atom stereocenters. The van der Waals surface area contributed by atoms with Crippen LogP contribution in [0.2, 0.25) is 0 Å². The second-order valence-corrected chi connectivity index (χ2v) is 3.96. The molecule has 0 fully saturated rings. The Morgan fingerprint density at radius 1 is 1.29 bits per heavy atom. The van der Waals surface area contributed by atoms with E-state index < -0.39 is 0 Å². The number of fused-ring (bicyclic) bond motifs is 1. The van der Waals surface area contributed by atoms with E-state index in [9.17, 15) is 0 Å². The van der Waals surface area contributed by atoms with E-state index in [1.54, 1.807) is 0 Å². The molecule has 1 heterocycles. The number of aromatic nitrogens is 2. The highest BCUT2D eigenvalue weighted by molar-refractivity contribution is 5.76. The molecule has 17 heavy (non-hydrogen) atoms. The van der Waals surface area contributed by atoms with E-state index >= 15 is 0 Å². The van der Waals surface area contributed by atoms with E-state index in [0.717, 1.165) is 23.0 Å². The van der Waals surface area contributed by atoms with E-state index in [1.807, 2.05) is 31.2 Å². The van der Waals surface area contributed by atoms with Crippen molar-refractivity contribution in [2.24, 2.45) is 0 Å². The van der Waals surface area contributed by atoms with Crippen molar-refractivity contribution in [3.8, 4) is 5.88 Å². The quantitative estimate of drug-likeness (QED) is 0.818. The first-order valence-corrected chi connectivity index (χ1v) is 5.46. The lowest BCUT2D eigenvalue weighted by Gasteiger charge is -2.08. The minimum atomic E-state index is 0.324. The van der Waals surface area contributed by atoms with Crippen LogP contribution < -0.4 is 10.5 Å². The number of ether oxygens (including phenoxy) is 1. The largest absolute Gasteiger partial charge is 0.475 e. The summed E-state index contributed by atoms with van der Waals surface area (Å²) in [4.78, 5) is 8.57. The molecule has 2 aromatic rings. The van der Waals surface area contributed by atoms with Gasteiger partial charge < -0.3 is 10.5 Å². The third-order valence-corrected chi connectivity index (χ3v) is 2.33.